The number of hydrogen-bond donors (Lipinski definition) is 7. The molecule has 2 saturated heterocycles. The van der Waals surface area contributed by atoms with Gasteiger partial charge in [0.1, 0.15) is 42.5 Å². The average Bonchev–Trinajstić information content (AvgIpc) is 2.37. The fraction of sp³-hybridized carbons (Fsp3) is 0.712. The number of Topliss-reactive ketones (excluding diaryl/α,β-unsaturated/α-hetero) is 2. The van der Waals surface area contributed by atoms with Crippen molar-refractivity contribution < 1.29 is 79.0 Å². The van der Waals surface area contributed by atoms with Gasteiger partial charge in [-0.15, -0.1) is 0 Å². The third-order valence-electron chi connectivity index (χ3n) is 15.9. The molecular weight excluding hydrogens is 1170 g/mol. The molecule has 2 aliphatic rings. The van der Waals surface area contributed by atoms with Gasteiger partial charge >= 0.3 is 31.7 Å². The summed E-state index contributed by atoms with van der Waals surface area (Å²) in [6.45, 7) is 10.0. The molecule has 2 fully saturated rings. The number of unbranched alkanes of at least 4 members (excludes halogenated alkanes) is 2. The molecule has 482 valence electrons. The first-order chi connectivity index (χ1) is 39.7. The first kappa shape index (κ1) is 80.5. The largest absolute Gasteiger partial charge is 3.00 e. The van der Waals surface area contributed by atoms with Crippen LogP contribution in [0.3, 0.4) is 0 Å². The van der Waals surface area contributed by atoms with E-state index in [0.717, 1.165) is 12.6 Å². The number of rotatable bonds is 38. The van der Waals surface area contributed by atoms with Crippen LogP contribution in [0.5, 0.6) is 0 Å². The Morgan fingerprint density at radius 2 is 1.24 bits per heavy atom. The van der Waals surface area contributed by atoms with Crippen molar-refractivity contribution in [1.29, 1.82) is 0 Å². The van der Waals surface area contributed by atoms with E-state index in [4.69, 9.17) is 11.5 Å². The minimum Gasteiger partial charge on any atom is -0.870 e. The number of amides is 4. The molecule has 1 aromatic carbocycles. The summed E-state index contributed by atoms with van der Waals surface area (Å²) >= 11 is 0. The van der Waals surface area contributed by atoms with E-state index < -0.39 is 102 Å². The van der Waals surface area contributed by atoms with Crippen molar-refractivity contribution >= 4 is 85.5 Å². The maximum Gasteiger partial charge on any atom is 3.00 e. The number of aldehydes is 2. The van der Waals surface area contributed by atoms with Crippen LogP contribution in [-0.4, -0.2) is 253 Å². The van der Waals surface area contributed by atoms with Crippen LogP contribution >= 0.6 is 0 Å². The quantitative estimate of drug-likeness (QED) is 0.0240. The first-order valence-corrected chi connectivity index (χ1v) is 29.8. The predicted octanol–water partition coefficient (Wildman–Crippen LogP) is -0.872. The smallest absolute Gasteiger partial charge is 0.870 e. The van der Waals surface area contributed by atoms with Crippen molar-refractivity contribution in [2.24, 2.45) is 35.1 Å². The van der Waals surface area contributed by atoms with Crippen LogP contribution in [0.2, 0.25) is 0 Å². The summed E-state index contributed by atoms with van der Waals surface area (Å²) in [5, 5.41) is 40.8. The Morgan fingerprint density at radius 3 is 1.78 bits per heavy atom. The molecule has 1 aromatic rings. The van der Waals surface area contributed by atoms with Gasteiger partial charge in [0.05, 0.1) is 25.1 Å². The number of nitrogens with zero attached hydrogens (tertiary/aromatic N) is 5. The molecule has 27 heteroatoms. The number of carboxylic acids is 3. The van der Waals surface area contributed by atoms with Gasteiger partial charge in [0.2, 0.25) is 23.6 Å². The van der Waals surface area contributed by atoms with E-state index in [1.54, 1.807) is 47.1 Å². The Kier molecular flexibility index (Phi) is 41.2. The topological polar surface area (TPSA) is 416 Å². The van der Waals surface area contributed by atoms with Crippen molar-refractivity contribution in [2.75, 3.05) is 91.6 Å². The maximum absolute atomic E-state index is 14.6. The van der Waals surface area contributed by atoms with E-state index in [9.17, 15) is 68.1 Å². The summed E-state index contributed by atoms with van der Waals surface area (Å²) in [5.41, 5.74) is 12.4. The molecule has 2 heterocycles. The molecule has 1 unspecified atom stereocenters. The molecule has 2 aliphatic heterocycles. The molecule has 3 rings (SSSR count). The zero-order valence-corrected chi connectivity index (χ0v) is 53.3. The molecule has 8 atom stereocenters. The van der Waals surface area contributed by atoms with Crippen molar-refractivity contribution in [3.63, 3.8) is 0 Å². The van der Waals surface area contributed by atoms with Crippen LogP contribution in [0.15, 0.2) is 30.3 Å². The molecule has 0 saturated carbocycles. The standard InChI is InChI=1S/C59H96N10O14.Ga.2H2O/c1-5-42(4)53(64-55(77)45(36-41(2)3)38-46(72)19-20-50(59(82)83)68-30-28-66(33-35-71)25-24-65(32-34-70)26-27-67(29-31-68)40-52(74)75)51(73)39-44(16-9-11-21-60)54(76)62-47(17-10-12-22-61)57(79)69-23-13-18-49(69)56(78)63-48(58(80)81)37-43-14-7-6-8-15-43;;;/h6-8,14-15,34-35,41-42,44-45,47-50,53H,5,9-13,16-33,36-40,60-61H2,1-4H3,(H,62,76)(H,63,78)(H,64,77)(H,74,75)(H,80,81)(H,82,83);;2*1H2/q;+3;;/p-3/t42-,44+,45+,47-,48-,49-,50?,53-;;;/m0.../s1. The number of nitrogens with two attached hydrogens (primary N) is 2. The number of hydrogen-bond acceptors (Lipinski definition) is 20. The number of benzene rings is 1. The van der Waals surface area contributed by atoms with Crippen LogP contribution in [0, 0.1) is 23.7 Å². The van der Waals surface area contributed by atoms with Crippen LogP contribution in [0.25, 0.3) is 0 Å². The van der Waals surface area contributed by atoms with Crippen molar-refractivity contribution in [1.82, 2.24) is 40.4 Å². The molecule has 11 N–H and O–H groups in total. The Balaban J connectivity index is 0.0000241. The van der Waals surface area contributed by atoms with Gasteiger partial charge in [0.15, 0.2) is 5.78 Å². The average molecular weight is 1270 g/mol. The molecule has 0 aromatic heterocycles. The van der Waals surface area contributed by atoms with E-state index in [-0.39, 0.29) is 153 Å². The number of nitrogens with one attached hydrogen (secondary N) is 3. The number of aliphatic carboxylic acids is 3. The fourth-order valence-corrected chi connectivity index (χ4v) is 10.9. The van der Waals surface area contributed by atoms with Crippen molar-refractivity contribution in [3.8, 4) is 0 Å². The number of ketones is 2. The molecule has 4 amide bonds. The summed E-state index contributed by atoms with van der Waals surface area (Å²) in [5.74, 6) is -9.19. The number of carbonyl (C=O) groups is 11. The monoisotopic (exact) mass is 1270 g/mol. The van der Waals surface area contributed by atoms with E-state index >= 15 is 0 Å². The van der Waals surface area contributed by atoms with E-state index in [1.165, 1.54) is 4.90 Å². The number of carbonyl (C=O) groups excluding carboxylic acids is 9. The Labute approximate surface area is 519 Å². The first-order valence-electron chi connectivity index (χ1n) is 29.8. The SMILES string of the molecule is CC[C@H](C)[C@H](NC(=O)[C@@H](CC(=O)CCC(C(=O)O)N1CCN(CC=O)CCN(CC=O)CCN(CC(=O)[O-])CC1)CC(C)C)C(=O)C[C@@H](CCCCN)C(=O)N[C@@H](CCCCN)C(=O)N1CCC[C@H]1C(=O)N[C@@H](Cc1ccccc1)C(=O)O.[Ga+3].[OH-].[OH-]. The van der Waals surface area contributed by atoms with Crippen LogP contribution in [0.4, 0.5) is 0 Å². The minimum atomic E-state index is -1.32. The van der Waals surface area contributed by atoms with Gasteiger partial charge in [-0.2, -0.15) is 0 Å². The summed E-state index contributed by atoms with van der Waals surface area (Å²) in [6.07, 6.45) is 4.46. The van der Waals surface area contributed by atoms with Gasteiger partial charge in [-0.25, -0.2) is 4.79 Å². The number of carboxylic acid groups (broad SMARTS) is 3. The Bertz CT molecular complexity index is 2250. The fourth-order valence-electron chi connectivity index (χ4n) is 10.9. The minimum absolute atomic E-state index is 0. The summed E-state index contributed by atoms with van der Waals surface area (Å²) in [4.78, 5) is 154. The van der Waals surface area contributed by atoms with Crippen LogP contribution < -0.4 is 32.5 Å². The summed E-state index contributed by atoms with van der Waals surface area (Å²) in [7, 11) is 0. The second-order valence-electron chi connectivity index (χ2n) is 22.7. The second kappa shape index (κ2) is 44.0. The van der Waals surface area contributed by atoms with Crippen molar-refractivity contribution in [2.45, 2.75) is 154 Å². The van der Waals surface area contributed by atoms with E-state index in [2.05, 4.69) is 16.0 Å². The zero-order chi connectivity index (χ0) is 61.4. The van der Waals surface area contributed by atoms with Gasteiger partial charge in [-0.3, -0.25) is 53.2 Å². The zero-order valence-electron chi connectivity index (χ0n) is 50.9. The van der Waals surface area contributed by atoms with E-state index in [0.29, 0.717) is 76.8 Å². The van der Waals surface area contributed by atoms with Gasteiger partial charge in [-0.05, 0) is 88.3 Å². The Morgan fingerprint density at radius 1 is 0.686 bits per heavy atom. The molecule has 26 nitrogen and oxygen atoms in total. The number of likely N-dealkylation sites (tertiary alicyclic amines) is 1. The van der Waals surface area contributed by atoms with Crippen molar-refractivity contribution in [3.05, 3.63) is 35.9 Å². The molecule has 0 aliphatic carbocycles. The van der Waals surface area contributed by atoms with Gasteiger partial charge in [0.25, 0.3) is 0 Å². The second-order valence-corrected chi connectivity index (χ2v) is 22.7. The molecule has 0 radical (unpaired) electrons. The predicted molar refractivity (Wildman–Crippen MR) is 318 cm³/mol. The van der Waals surface area contributed by atoms with Gasteiger partial charge in [-0.1, -0.05) is 70.9 Å². The van der Waals surface area contributed by atoms with Gasteiger partial charge in [0, 0.05) is 103 Å². The summed E-state index contributed by atoms with van der Waals surface area (Å²) < 4.78 is 0. The Hall–Kier alpha value is -5.49. The maximum atomic E-state index is 14.6. The molecule has 0 spiro atoms. The molecular formula is C59H97GaN10O16. The van der Waals surface area contributed by atoms with E-state index in [1.807, 2.05) is 30.6 Å². The normalized spacial score (nSPS) is 18.0. The molecule has 86 heavy (non-hydrogen) atoms. The molecule has 0 bridgehead atoms. The summed E-state index contributed by atoms with van der Waals surface area (Å²) in [6, 6.07) is 3.22. The van der Waals surface area contributed by atoms with Crippen LogP contribution in [-0.2, 0) is 59.2 Å². The van der Waals surface area contributed by atoms with Gasteiger partial charge < -0.3 is 73.0 Å². The van der Waals surface area contributed by atoms with Crippen LogP contribution in [0.1, 0.15) is 123 Å². The third kappa shape index (κ3) is 29.0. The third-order valence-corrected chi connectivity index (χ3v) is 15.9.